The van der Waals surface area contributed by atoms with Crippen LogP contribution in [0.5, 0.6) is 5.75 Å². The van der Waals surface area contributed by atoms with Gasteiger partial charge in [0.1, 0.15) is 5.75 Å². The number of fused-ring (bicyclic) bond motifs is 4. The average Bonchev–Trinajstić information content (AvgIpc) is 2.43. The second-order valence-corrected chi connectivity index (χ2v) is 8.14. The number of benzene rings is 1. The molecular weight excluding hydrogens is 270 g/mol. The summed E-state index contributed by atoms with van der Waals surface area (Å²) in [6, 6.07) is 6.56. The van der Waals surface area contributed by atoms with E-state index in [1.807, 2.05) is 12.1 Å². The molecule has 1 aliphatic carbocycles. The number of piperidine rings is 1. The van der Waals surface area contributed by atoms with Crippen molar-refractivity contribution >= 4 is 0 Å². The standard InChI is InChI=1S/C20H29NO/c1-14(2)8-10-21-11-9-20(5)17-13-16(22)7-6-15(17)12-18(21)19(20,3)4/h6-8,13,18,22H,9-12H2,1-5H3/t18-,20-/m0/s1. The van der Waals surface area contributed by atoms with Crippen LogP contribution < -0.4 is 0 Å². The zero-order chi connectivity index (χ0) is 16.1. The number of phenols is 1. The van der Waals surface area contributed by atoms with Crippen LogP contribution in [0.1, 0.15) is 52.2 Å². The van der Waals surface area contributed by atoms with Crippen molar-refractivity contribution < 1.29 is 5.11 Å². The van der Waals surface area contributed by atoms with E-state index in [4.69, 9.17) is 0 Å². The zero-order valence-corrected chi connectivity index (χ0v) is 14.6. The zero-order valence-electron chi connectivity index (χ0n) is 14.6. The van der Waals surface area contributed by atoms with Crippen molar-refractivity contribution in [2.24, 2.45) is 5.41 Å². The smallest absolute Gasteiger partial charge is 0.115 e. The molecule has 2 atom stereocenters. The average molecular weight is 299 g/mol. The number of nitrogens with zero attached hydrogens (tertiary/aromatic N) is 1. The van der Waals surface area contributed by atoms with Gasteiger partial charge in [-0.15, -0.1) is 0 Å². The summed E-state index contributed by atoms with van der Waals surface area (Å²) in [5.41, 5.74) is 4.54. The van der Waals surface area contributed by atoms with Crippen molar-refractivity contribution in [1.29, 1.82) is 0 Å². The molecule has 0 radical (unpaired) electrons. The van der Waals surface area contributed by atoms with Crippen molar-refractivity contribution in [3.63, 3.8) is 0 Å². The summed E-state index contributed by atoms with van der Waals surface area (Å²) in [7, 11) is 0. The lowest BCUT2D eigenvalue weighted by molar-refractivity contribution is -0.0322. The third-order valence-electron chi connectivity index (χ3n) is 6.43. The van der Waals surface area contributed by atoms with Crippen molar-refractivity contribution in [3.8, 4) is 5.75 Å². The summed E-state index contributed by atoms with van der Waals surface area (Å²) in [4.78, 5) is 2.66. The highest BCUT2D eigenvalue weighted by Gasteiger charge is 2.55. The molecule has 1 fully saturated rings. The van der Waals surface area contributed by atoms with Crippen LogP contribution in [-0.4, -0.2) is 29.1 Å². The molecule has 2 aliphatic rings. The number of likely N-dealkylation sites (tertiary alicyclic amines) is 1. The molecule has 0 spiro atoms. The predicted octanol–water partition coefficient (Wildman–Crippen LogP) is 4.27. The van der Waals surface area contributed by atoms with Gasteiger partial charge in [-0.05, 0) is 61.9 Å². The molecule has 1 aromatic rings. The molecule has 2 nitrogen and oxygen atoms in total. The highest BCUT2D eigenvalue weighted by molar-refractivity contribution is 5.45. The van der Waals surface area contributed by atoms with Crippen molar-refractivity contribution in [3.05, 3.63) is 41.0 Å². The Hall–Kier alpha value is -1.28. The van der Waals surface area contributed by atoms with E-state index in [0.29, 0.717) is 11.8 Å². The Kier molecular flexibility index (Phi) is 3.64. The minimum atomic E-state index is 0.144. The molecule has 0 aromatic heterocycles. The van der Waals surface area contributed by atoms with Crippen molar-refractivity contribution in [2.45, 2.75) is 58.9 Å². The molecule has 1 aliphatic heterocycles. The summed E-state index contributed by atoms with van der Waals surface area (Å²) in [5, 5.41) is 9.95. The lowest BCUT2D eigenvalue weighted by Crippen LogP contribution is -2.63. The highest BCUT2D eigenvalue weighted by atomic mass is 16.3. The summed E-state index contributed by atoms with van der Waals surface area (Å²) >= 11 is 0. The molecule has 1 saturated heterocycles. The lowest BCUT2D eigenvalue weighted by atomic mass is 9.51. The maximum atomic E-state index is 9.95. The minimum Gasteiger partial charge on any atom is -0.508 e. The molecule has 120 valence electrons. The van der Waals surface area contributed by atoms with E-state index in [1.165, 1.54) is 16.7 Å². The van der Waals surface area contributed by atoms with Crippen molar-refractivity contribution in [1.82, 2.24) is 4.90 Å². The van der Waals surface area contributed by atoms with Crippen LogP contribution in [-0.2, 0) is 11.8 Å². The minimum absolute atomic E-state index is 0.144. The molecule has 0 unspecified atom stereocenters. The van der Waals surface area contributed by atoms with E-state index in [0.717, 1.165) is 25.9 Å². The van der Waals surface area contributed by atoms with E-state index in [2.05, 4.69) is 51.7 Å². The first kappa shape index (κ1) is 15.6. The Morgan fingerprint density at radius 2 is 2.05 bits per heavy atom. The van der Waals surface area contributed by atoms with Gasteiger partial charge in [-0.2, -0.15) is 0 Å². The third-order valence-corrected chi connectivity index (χ3v) is 6.43. The van der Waals surface area contributed by atoms with Crippen LogP contribution in [0.2, 0.25) is 0 Å². The molecule has 0 saturated carbocycles. The first-order chi connectivity index (χ1) is 10.3. The molecule has 2 bridgehead atoms. The van der Waals surface area contributed by atoms with Gasteiger partial charge in [-0.1, -0.05) is 38.5 Å². The van der Waals surface area contributed by atoms with E-state index in [9.17, 15) is 5.11 Å². The van der Waals surface area contributed by atoms with Crippen molar-refractivity contribution in [2.75, 3.05) is 13.1 Å². The summed E-state index contributed by atoms with van der Waals surface area (Å²) in [6.45, 7) is 13.8. The van der Waals surface area contributed by atoms with Crippen LogP contribution in [0.25, 0.3) is 0 Å². The van der Waals surface area contributed by atoms with Crippen LogP contribution in [0.15, 0.2) is 29.8 Å². The fourth-order valence-corrected chi connectivity index (χ4v) is 4.52. The Morgan fingerprint density at radius 1 is 1.32 bits per heavy atom. The first-order valence-corrected chi connectivity index (χ1v) is 8.45. The van der Waals surface area contributed by atoms with Crippen LogP contribution >= 0.6 is 0 Å². The summed E-state index contributed by atoms with van der Waals surface area (Å²) in [6.07, 6.45) is 4.60. The van der Waals surface area contributed by atoms with E-state index < -0.39 is 0 Å². The number of hydrogen-bond donors (Lipinski definition) is 1. The van der Waals surface area contributed by atoms with Crippen LogP contribution in [0.3, 0.4) is 0 Å². The van der Waals surface area contributed by atoms with Gasteiger partial charge in [-0.3, -0.25) is 4.90 Å². The largest absolute Gasteiger partial charge is 0.508 e. The fourth-order valence-electron chi connectivity index (χ4n) is 4.52. The number of phenolic OH excluding ortho intramolecular Hbond substituents is 1. The Labute approximate surface area is 134 Å². The molecular formula is C20H29NO. The lowest BCUT2D eigenvalue weighted by Gasteiger charge is -2.61. The predicted molar refractivity (Wildman–Crippen MR) is 92.4 cm³/mol. The van der Waals surface area contributed by atoms with Crippen LogP contribution in [0, 0.1) is 5.41 Å². The maximum absolute atomic E-state index is 9.95. The molecule has 1 aromatic carbocycles. The maximum Gasteiger partial charge on any atom is 0.115 e. The van der Waals surface area contributed by atoms with Gasteiger partial charge in [0.25, 0.3) is 0 Å². The third kappa shape index (κ3) is 2.20. The van der Waals surface area contributed by atoms with Gasteiger partial charge in [0.2, 0.25) is 0 Å². The van der Waals surface area contributed by atoms with Gasteiger partial charge < -0.3 is 5.11 Å². The molecule has 3 rings (SSSR count). The molecule has 22 heavy (non-hydrogen) atoms. The van der Waals surface area contributed by atoms with Gasteiger partial charge in [-0.25, -0.2) is 0 Å². The summed E-state index contributed by atoms with van der Waals surface area (Å²) < 4.78 is 0. The number of rotatable bonds is 2. The SMILES string of the molecule is CC(C)=CCN1CC[C@@]2(C)c3cc(O)ccc3C[C@H]1C2(C)C. The molecule has 1 heterocycles. The number of aromatic hydroxyl groups is 1. The quantitative estimate of drug-likeness (QED) is 0.824. The Morgan fingerprint density at radius 3 is 2.73 bits per heavy atom. The monoisotopic (exact) mass is 299 g/mol. The Bertz CT molecular complexity index is 612. The highest BCUT2D eigenvalue weighted by Crippen LogP contribution is 2.56. The van der Waals surface area contributed by atoms with Gasteiger partial charge in [0, 0.05) is 18.0 Å². The molecule has 0 amide bonds. The van der Waals surface area contributed by atoms with E-state index >= 15 is 0 Å². The van der Waals surface area contributed by atoms with E-state index in [1.54, 1.807) is 0 Å². The fraction of sp³-hybridized carbons (Fsp3) is 0.600. The second kappa shape index (κ2) is 5.13. The van der Waals surface area contributed by atoms with Gasteiger partial charge in [0.05, 0.1) is 0 Å². The summed E-state index contributed by atoms with van der Waals surface area (Å²) in [5.74, 6) is 0.404. The van der Waals surface area contributed by atoms with E-state index in [-0.39, 0.29) is 10.8 Å². The number of allylic oxidation sites excluding steroid dienone is 1. The topological polar surface area (TPSA) is 23.5 Å². The second-order valence-electron chi connectivity index (χ2n) is 8.14. The molecule has 1 N–H and O–H groups in total. The van der Waals surface area contributed by atoms with Crippen LogP contribution in [0.4, 0.5) is 0 Å². The Balaban J connectivity index is 2.03. The van der Waals surface area contributed by atoms with Gasteiger partial charge >= 0.3 is 0 Å². The van der Waals surface area contributed by atoms with Gasteiger partial charge in [0.15, 0.2) is 0 Å². The number of hydrogen-bond acceptors (Lipinski definition) is 2. The normalized spacial score (nSPS) is 29.8. The first-order valence-electron chi connectivity index (χ1n) is 8.45. The molecule has 2 heteroatoms.